The number of rotatable bonds is 6. The van der Waals surface area contributed by atoms with Crippen LogP contribution in [0.1, 0.15) is 18.3 Å². The van der Waals surface area contributed by atoms with Gasteiger partial charge >= 0.3 is 0 Å². The molecule has 0 aliphatic heterocycles. The highest BCUT2D eigenvalue weighted by Crippen LogP contribution is 2.20. The van der Waals surface area contributed by atoms with E-state index in [-0.39, 0.29) is 23.9 Å². The van der Waals surface area contributed by atoms with Gasteiger partial charge in [-0.1, -0.05) is 18.2 Å². The molecule has 0 saturated carbocycles. The van der Waals surface area contributed by atoms with Crippen LogP contribution < -0.4 is 10.9 Å². The number of nitrogens with zero attached hydrogens (tertiary/aromatic N) is 2. The second kappa shape index (κ2) is 8.11. The Labute approximate surface area is 175 Å². The van der Waals surface area contributed by atoms with Crippen molar-refractivity contribution in [2.45, 2.75) is 25.9 Å². The number of benzene rings is 1. The van der Waals surface area contributed by atoms with Gasteiger partial charge in [0.1, 0.15) is 16.6 Å². The van der Waals surface area contributed by atoms with Crippen LogP contribution in [0.3, 0.4) is 0 Å². The molecule has 0 radical (unpaired) electrons. The van der Waals surface area contributed by atoms with Gasteiger partial charge in [0.15, 0.2) is 0 Å². The van der Waals surface area contributed by atoms with E-state index < -0.39 is 6.04 Å². The summed E-state index contributed by atoms with van der Waals surface area (Å²) in [5.74, 6) is -0.146. The fraction of sp³-hybridized carbons (Fsp3) is 0.238. The van der Waals surface area contributed by atoms with E-state index >= 15 is 0 Å². The lowest BCUT2D eigenvalue weighted by Crippen LogP contribution is -2.48. The first-order valence-corrected chi connectivity index (χ1v) is 10.3. The molecule has 0 aliphatic rings. The van der Waals surface area contributed by atoms with E-state index in [1.165, 1.54) is 23.2 Å². The lowest BCUT2D eigenvalue weighted by atomic mass is 10.0. The standard InChI is InChI=1S/C21H21N5O3S/c1-12(27)23-17(9-13-10-22-15-6-4-3-5-14(13)15)21(29)26(2)11-18-24-16-7-8-30-19(16)20(28)25-18/h3-8,10,17,22H,9,11H2,1-2H3,(H,23,27)(H,24,25,28). The summed E-state index contributed by atoms with van der Waals surface area (Å²) < 4.78 is 0.559. The summed E-state index contributed by atoms with van der Waals surface area (Å²) >= 11 is 1.33. The first-order valence-electron chi connectivity index (χ1n) is 9.46. The van der Waals surface area contributed by atoms with E-state index in [4.69, 9.17) is 0 Å². The smallest absolute Gasteiger partial charge is 0.268 e. The van der Waals surface area contributed by atoms with Crippen LogP contribution in [0.15, 0.2) is 46.7 Å². The van der Waals surface area contributed by atoms with E-state index in [9.17, 15) is 14.4 Å². The van der Waals surface area contributed by atoms with Crippen molar-refractivity contribution < 1.29 is 9.59 Å². The summed E-state index contributed by atoms with van der Waals surface area (Å²) in [5.41, 5.74) is 2.30. The zero-order chi connectivity index (χ0) is 21.3. The molecule has 0 fully saturated rings. The fourth-order valence-electron chi connectivity index (χ4n) is 3.53. The van der Waals surface area contributed by atoms with E-state index in [1.54, 1.807) is 18.5 Å². The van der Waals surface area contributed by atoms with Gasteiger partial charge < -0.3 is 20.2 Å². The number of carbonyl (C=O) groups excluding carboxylic acids is 2. The molecule has 3 N–H and O–H groups in total. The third-order valence-electron chi connectivity index (χ3n) is 4.90. The summed E-state index contributed by atoms with van der Waals surface area (Å²) in [4.78, 5) is 48.9. The number of amides is 2. The highest BCUT2D eigenvalue weighted by molar-refractivity contribution is 7.17. The Kier molecular flexibility index (Phi) is 5.37. The van der Waals surface area contributed by atoms with Crippen LogP contribution in [0, 0.1) is 0 Å². The molecule has 9 heteroatoms. The molecular formula is C21H21N5O3S. The molecule has 8 nitrogen and oxygen atoms in total. The Morgan fingerprint density at radius 2 is 2.07 bits per heavy atom. The number of H-pyrrole nitrogens is 2. The van der Waals surface area contributed by atoms with Crippen LogP contribution in [0.2, 0.25) is 0 Å². The van der Waals surface area contributed by atoms with Crippen molar-refractivity contribution in [1.29, 1.82) is 0 Å². The topological polar surface area (TPSA) is 111 Å². The lowest BCUT2D eigenvalue weighted by Gasteiger charge is -2.24. The number of nitrogens with one attached hydrogen (secondary N) is 3. The summed E-state index contributed by atoms with van der Waals surface area (Å²) in [6, 6.07) is 8.85. The molecule has 1 aromatic carbocycles. The zero-order valence-corrected chi connectivity index (χ0v) is 17.4. The van der Waals surface area contributed by atoms with Crippen molar-refractivity contribution in [3.63, 3.8) is 0 Å². The Bertz CT molecular complexity index is 1290. The minimum absolute atomic E-state index is 0.129. The predicted molar refractivity (Wildman–Crippen MR) is 116 cm³/mol. The van der Waals surface area contributed by atoms with Crippen molar-refractivity contribution in [3.8, 4) is 0 Å². The number of carbonyl (C=O) groups is 2. The molecule has 0 aliphatic carbocycles. The van der Waals surface area contributed by atoms with Crippen LogP contribution in [0.4, 0.5) is 0 Å². The second-order valence-electron chi connectivity index (χ2n) is 7.16. The number of fused-ring (bicyclic) bond motifs is 2. The Morgan fingerprint density at radius 3 is 2.87 bits per heavy atom. The number of aromatic amines is 2. The minimum atomic E-state index is -0.733. The van der Waals surface area contributed by atoms with E-state index in [2.05, 4.69) is 20.3 Å². The number of hydrogen-bond donors (Lipinski definition) is 3. The number of thiophene rings is 1. The molecule has 2 amide bonds. The first-order chi connectivity index (χ1) is 14.4. The van der Waals surface area contributed by atoms with Crippen molar-refractivity contribution in [3.05, 3.63) is 63.7 Å². The monoisotopic (exact) mass is 423 g/mol. The maximum atomic E-state index is 13.1. The number of likely N-dealkylation sites (N-methyl/N-ethyl adjacent to an activating group) is 1. The molecule has 4 rings (SSSR count). The molecule has 3 heterocycles. The molecule has 1 atom stereocenters. The van der Waals surface area contributed by atoms with Gasteiger partial charge in [-0.3, -0.25) is 14.4 Å². The maximum Gasteiger partial charge on any atom is 0.268 e. The molecular weight excluding hydrogens is 402 g/mol. The van der Waals surface area contributed by atoms with Crippen LogP contribution in [-0.4, -0.2) is 44.8 Å². The van der Waals surface area contributed by atoms with Gasteiger partial charge in [-0.2, -0.15) is 0 Å². The van der Waals surface area contributed by atoms with Gasteiger partial charge in [-0.15, -0.1) is 11.3 Å². The highest BCUT2D eigenvalue weighted by atomic mass is 32.1. The van der Waals surface area contributed by atoms with Crippen molar-refractivity contribution in [2.24, 2.45) is 0 Å². The fourth-order valence-corrected chi connectivity index (χ4v) is 4.26. The van der Waals surface area contributed by atoms with Gasteiger partial charge in [0, 0.05) is 37.5 Å². The van der Waals surface area contributed by atoms with Crippen molar-refractivity contribution >= 4 is 44.3 Å². The summed E-state index contributed by atoms with van der Waals surface area (Å²) in [6.07, 6.45) is 2.20. The van der Waals surface area contributed by atoms with Crippen LogP contribution in [0.5, 0.6) is 0 Å². The summed E-state index contributed by atoms with van der Waals surface area (Å²) in [6.45, 7) is 1.52. The van der Waals surface area contributed by atoms with Crippen molar-refractivity contribution in [2.75, 3.05) is 7.05 Å². The van der Waals surface area contributed by atoms with Gasteiger partial charge in [-0.25, -0.2) is 4.98 Å². The van der Waals surface area contributed by atoms with Gasteiger partial charge in [-0.05, 0) is 23.1 Å². The molecule has 0 spiro atoms. The Balaban J connectivity index is 1.56. The molecule has 30 heavy (non-hydrogen) atoms. The summed E-state index contributed by atoms with van der Waals surface area (Å²) in [5, 5.41) is 5.57. The highest BCUT2D eigenvalue weighted by Gasteiger charge is 2.25. The normalized spacial score (nSPS) is 12.2. The number of aromatic nitrogens is 3. The van der Waals surface area contributed by atoms with Crippen LogP contribution in [0.25, 0.3) is 21.1 Å². The van der Waals surface area contributed by atoms with Crippen LogP contribution >= 0.6 is 11.3 Å². The average molecular weight is 423 g/mol. The first kappa shape index (κ1) is 19.8. The number of para-hydroxylation sites is 1. The van der Waals surface area contributed by atoms with Gasteiger partial charge in [0.2, 0.25) is 11.8 Å². The van der Waals surface area contributed by atoms with E-state index in [1.807, 2.05) is 30.5 Å². The predicted octanol–water partition coefficient (Wildman–Crippen LogP) is 2.17. The average Bonchev–Trinajstić information content (AvgIpc) is 3.34. The maximum absolute atomic E-state index is 13.1. The quantitative estimate of drug-likeness (QED) is 0.441. The Morgan fingerprint density at radius 1 is 1.27 bits per heavy atom. The van der Waals surface area contributed by atoms with Gasteiger partial charge in [0.05, 0.1) is 12.1 Å². The molecule has 0 bridgehead atoms. The third-order valence-corrected chi connectivity index (χ3v) is 5.80. The lowest BCUT2D eigenvalue weighted by molar-refractivity contribution is -0.135. The Hall–Kier alpha value is -3.46. The SMILES string of the molecule is CC(=O)NC(Cc1c[nH]c2ccccc12)C(=O)N(C)Cc1nc2ccsc2c(=O)[nH]1. The molecule has 4 aromatic rings. The zero-order valence-electron chi connectivity index (χ0n) is 16.6. The van der Waals surface area contributed by atoms with E-state index in [0.717, 1.165) is 16.5 Å². The van der Waals surface area contributed by atoms with E-state index in [0.29, 0.717) is 22.5 Å². The number of hydrogen-bond acceptors (Lipinski definition) is 5. The molecule has 154 valence electrons. The van der Waals surface area contributed by atoms with Gasteiger partial charge in [0.25, 0.3) is 5.56 Å². The summed E-state index contributed by atoms with van der Waals surface area (Å²) in [7, 11) is 1.63. The molecule has 3 aromatic heterocycles. The molecule has 0 saturated heterocycles. The third kappa shape index (κ3) is 3.97. The second-order valence-corrected chi connectivity index (χ2v) is 8.07. The minimum Gasteiger partial charge on any atom is -0.361 e. The largest absolute Gasteiger partial charge is 0.361 e. The van der Waals surface area contributed by atoms with Crippen LogP contribution in [-0.2, 0) is 22.6 Å². The molecule has 1 unspecified atom stereocenters. The van der Waals surface area contributed by atoms with Crippen molar-refractivity contribution in [1.82, 2.24) is 25.2 Å².